The van der Waals surface area contributed by atoms with Crippen LogP contribution in [0.2, 0.25) is 0 Å². The number of cyclic esters (lactones) is 1. The standard InChI is InChI=1S/C37H62N4O7/c1-25-21-36(6,45-10)32(48-33-30(42)29(39(7)8)20-26(2)47-33)27(3)31(43)35(4,5)34(44)46-24-37(40(9)23-25)14-18-41(19-15-37)17-13-28-12-11-16-38-22-28/h11-12,16,22,25-27,29-30,32-33,42H,13-15,17-21,23-24H2,1-10H3/t25-,26-,27+,29+,30-,32-,33+,36-/m1/s1. The number of likely N-dealkylation sites (tertiary alicyclic amines) is 1. The molecule has 4 heterocycles. The smallest absolute Gasteiger partial charge is 0.319 e. The summed E-state index contributed by atoms with van der Waals surface area (Å²) < 4.78 is 25.2. The lowest BCUT2D eigenvalue weighted by molar-refractivity contribution is -0.295. The van der Waals surface area contributed by atoms with Crippen LogP contribution in [-0.2, 0) is 35.0 Å². The SMILES string of the molecule is CO[C@]1(C)C[C@@H](C)CN(C)C2(CCN(CCc3cccnc3)CC2)COC(=O)C(C)(C)C(=O)[C@H](C)[C@H]1O[C@@H]1O[C@H](C)C[C@H](N(C)C)[C@H]1O. The van der Waals surface area contributed by atoms with Gasteiger partial charge in [0.1, 0.15) is 18.1 Å². The average molecular weight is 675 g/mol. The predicted molar refractivity (Wildman–Crippen MR) is 184 cm³/mol. The summed E-state index contributed by atoms with van der Waals surface area (Å²) in [5, 5.41) is 11.4. The van der Waals surface area contributed by atoms with E-state index in [1.54, 1.807) is 34.1 Å². The van der Waals surface area contributed by atoms with Crippen LogP contribution in [0.4, 0.5) is 0 Å². The molecule has 3 saturated heterocycles. The van der Waals surface area contributed by atoms with Crippen molar-refractivity contribution in [3.05, 3.63) is 30.1 Å². The van der Waals surface area contributed by atoms with E-state index in [1.165, 1.54) is 5.56 Å². The van der Waals surface area contributed by atoms with Crippen LogP contribution in [0.25, 0.3) is 0 Å². The van der Waals surface area contributed by atoms with Gasteiger partial charge in [-0.15, -0.1) is 0 Å². The number of likely N-dealkylation sites (N-methyl/N-ethyl adjacent to an activating group) is 2. The number of ether oxygens (including phenoxy) is 4. The molecule has 0 saturated carbocycles. The normalized spacial score (nSPS) is 35.9. The minimum atomic E-state index is -1.43. The molecule has 0 aliphatic carbocycles. The third-order valence-corrected chi connectivity index (χ3v) is 11.5. The van der Waals surface area contributed by atoms with Gasteiger partial charge in [0.2, 0.25) is 0 Å². The molecule has 1 aromatic heterocycles. The van der Waals surface area contributed by atoms with Crippen LogP contribution in [-0.4, -0.2) is 139 Å². The fraction of sp³-hybridized carbons (Fsp3) is 0.811. The molecule has 3 aliphatic heterocycles. The van der Waals surface area contributed by atoms with Gasteiger partial charge in [0.05, 0.1) is 23.3 Å². The number of carbonyl (C=O) groups is 2. The molecule has 3 fully saturated rings. The number of aliphatic hydroxyl groups excluding tert-OH is 1. The second kappa shape index (κ2) is 15.9. The fourth-order valence-electron chi connectivity index (χ4n) is 8.17. The number of carbonyl (C=O) groups excluding carboxylic acids is 2. The van der Waals surface area contributed by atoms with Crippen LogP contribution in [0.15, 0.2) is 24.5 Å². The second-order valence-corrected chi connectivity index (χ2v) is 15.9. The maximum absolute atomic E-state index is 14.3. The number of aliphatic hydroxyl groups is 1. The van der Waals surface area contributed by atoms with Gasteiger partial charge in [-0.1, -0.05) is 19.9 Å². The summed E-state index contributed by atoms with van der Waals surface area (Å²) in [6, 6.07) is 3.91. The molecule has 0 radical (unpaired) electrons. The van der Waals surface area contributed by atoms with E-state index in [2.05, 4.69) is 34.8 Å². The second-order valence-electron chi connectivity index (χ2n) is 15.9. The number of pyridine rings is 1. The Bertz CT molecular complexity index is 1210. The molecular weight excluding hydrogens is 612 g/mol. The highest BCUT2D eigenvalue weighted by molar-refractivity contribution is 6.04. The minimum Gasteiger partial charge on any atom is -0.463 e. The molecule has 4 rings (SSSR count). The topological polar surface area (TPSA) is 114 Å². The number of piperidine rings is 1. The Morgan fingerprint density at radius 1 is 1.12 bits per heavy atom. The van der Waals surface area contributed by atoms with E-state index in [1.807, 2.05) is 45.1 Å². The predicted octanol–water partition coefficient (Wildman–Crippen LogP) is 3.42. The first-order valence-corrected chi connectivity index (χ1v) is 17.8. The molecule has 272 valence electrons. The number of esters is 1. The van der Waals surface area contributed by atoms with Crippen LogP contribution in [0, 0.1) is 17.3 Å². The highest BCUT2D eigenvalue weighted by atomic mass is 16.7. The van der Waals surface area contributed by atoms with Gasteiger partial charge < -0.3 is 33.9 Å². The quantitative estimate of drug-likeness (QED) is 0.339. The molecule has 1 N–H and O–H groups in total. The van der Waals surface area contributed by atoms with Crippen LogP contribution in [0.5, 0.6) is 0 Å². The molecule has 8 atom stereocenters. The lowest BCUT2D eigenvalue weighted by Gasteiger charge is -2.48. The van der Waals surface area contributed by atoms with Gasteiger partial charge >= 0.3 is 5.97 Å². The van der Waals surface area contributed by atoms with Gasteiger partial charge in [-0.2, -0.15) is 0 Å². The molecule has 0 aromatic carbocycles. The third kappa shape index (κ3) is 8.65. The average Bonchev–Trinajstić information content (AvgIpc) is 3.05. The van der Waals surface area contributed by atoms with Crippen molar-refractivity contribution < 1.29 is 33.6 Å². The molecule has 11 heteroatoms. The number of nitrogens with zero attached hydrogens (tertiary/aromatic N) is 4. The van der Waals surface area contributed by atoms with E-state index in [4.69, 9.17) is 18.9 Å². The Hall–Kier alpha value is -1.99. The number of hydrogen-bond acceptors (Lipinski definition) is 11. The zero-order chi connectivity index (χ0) is 35.4. The van der Waals surface area contributed by atoms with E-state index >= 15 is 0 Å². The Kier molecular flexibility index (Phi) is 12.9. The minimum absolute atomic E-state index is 0.143. The lowest BCUT2D eigenvalue weighted by Crippen LogP contribution is -2.59. The van der Waals surface area contributed by atoms with E-state index in [0.29, 0.717) is 12.8 Å². The van der Waals surface area contributed by atoms with Crippen molar-refractivity contribution in [2.24, 2.45) is 17.3 Å². The number of Topliss-reactive ketones (excluding diaryl/α,β-unsaturated/α-hetero) is 1. The zero-order valence-corrected chi connectivity index (χ0v) is 31.1. The van der Waals surface area contributed by atoms with Crippen LogP contribution < -0.4 is 0 Å². The van der Waals surface area contributed by atoms with E-state index in [9.17, 15) is 14.7 Å². The summed E-state index contributed by atoms with van der Waals surface area (Å²) in [7, 11) is 7.63. The van der Waals surface area contributed by atoms with Crippen molar-refractivity contribution in [2.45, 2.75) is 115 Å². The van der Waals surface area contributed by atoms with Crippen molar-refractivity contribution in [1.82, 2.24) is 19.7 Å². The number of ketones is 1. The van der Waals surface area contributed by atoms with E-state index in [0.717, 1.165) is 45.4 Å². The van der Waals surface area contributed by atoms with Crippen molar-refractivity contribution in [1.29, 1.82) is 0 Å². The van der Waals surface area contributed by atoms with Crippen molar-refractivity contribution in [3.8, 4) is 0 Å². The van der Waals surface area contributed by atoms with Gasteiger partial charge in [-0.3, -0.25) is 19.5 Å². The number of rotatable bonds is 7. The molecule has 1 aromatic rings. The molecule has 3 aliphatic rings. The third-order valence-electron chi connectivity index (χ3n) is 11.5. The first kappa shape index (κ1) is 38.8. The largest absolute Gasteiger partial charge is 0.463 e. The molecule has 11 nitrogen and oxygen atoms in total. The number of methoxy groups -OCH3 is 1. The lowest BCUT2D eigenvalue weighted by atomic mass is 9.74. The van der Waals surface area contributed by atoms with Crippen LogP contribution in [0.3, 0.4) is 0 Å². The highest BCUT2D eigenvalue weighted by Gasteiger charge is 2.52. The van der Waals surface area contributed by atoms with Crippen LogP contribution in [0.1, 0.15) is 72.8 Å². The molecular formula is C37H62N4O7. The monoisotopic (exact) mass is 674 g/mol. The number of hydrogen-bond donors (Lipinski definition) is 1. The van der Waals surface area contributed by atoms with Gasteiger partial charge in [0.25, 0.3) is 0 Å². The molecule has 48 heavy (non-hydrogen) atoms. The molecule has 0 bridgehead atoms. The first-order chi connectivity index (χ1) is 22.5. The van der Waals surface area contributed by atoms with Gasteiger partial charge in [0, 0.05) is 57.6 Å². The maximum Gasteiger partial charge on any atom is 0.319 e. The molecule has 0 amide bonds. The first-order valence-electron chi connectivity index (χ1n) is 17.8. The van der Waals surface area contributed by atoms with Crippen LogP contribution >= 0.6 is 0 Å². The van der Waals surface area contributed by atoms with Crippen molar-refractivity contribution in [3.63, 3.8) is 0 Å². The van der Waals surface area contributed by atoms with Crippen molar-refractivity contribution in [2.75, 3.05) is 61.0 Å². The Balaban J connectivity index is 1.59. The van der Waals surface area contributed by atoms with Gasteiger partial charge in [0.15, 0.2) is 12.1 Å². The maximum atomic E-state index is 14.3. The summed E-state index contributed by atoms with van der Waals surface area (Å²) >= 11 is 0. The highest BCUT2D eigenvalue weighted by Crippen LogP contribution is 2.39. The summed E-state index contributed by atoms with van der Waals surface area (Å²) in [6.07, 6.45) is 4.74. The summed E-state index contributed by atoms with van der Waals surface area (Å²) in [4.78, 5) is 39.2. The summed E-state index contributed by atoms with van der Waals surface area (Å²) in [5.41, 5.74) is -1.49. The van der Waals surface area contributed by atoms with E-state index in [-0.39, 0.29) is 36.0 Å². The Morgan fingerprint density at radius 3 is 2.42 bits per heavy atom. The molecule has 1 spiro atoms. The Morgan fingerprint density at radius 2 is 1.81 bits per heavy atom. The van der Waals surface area contributed by atoms with Gasteiger partial charge in [-0.25, -0.2) is 0 Å². The zero-order valence-electron chi connectivity index (χ0n) is 31.1. The van der Waals surface area contributed by atoms with Crippen molar-refractivity contribution >= 4 is 11.8 Å². The van der Waals surface area contributed by atoms with Gasteiger partial charge in [-0.05, 0) is 98.5 Å². The number of aromatic nitrogens is 1. The fourth-order valence-corrected chi connectivity index (χ4v) is 8.17. The summed E-state index contributed by atoms with van der Waals surface area (Å²) in [6.45, 7) is 14.9. The summed E-state index contributed by atoms with van der Waals surface area (Å²) in [5.74, 6) is -1.44. The van der Waals surface area contributed by atoms with E-state index < -0.39 is 41.4 Å². The Labute approximate surface area is 288 Å². The molecule has 0 unspecified atom stereocenters.